The van der Waals surface area contributed by atoms with Crippen molar-refractivity contribution in [1.82, 2.24) is 10.6 Å². The van der Waals surface area contributed by atoms with Crippen LogP contribution >= 0.6 is 0 Å². The lowest BCUT2D eigenvalue weighted by Crippen LogP contribution is -2.54. The van der Waals surface area contributed by atoms with Gasteiger partial charge in [-0.2, -0.15) is 0 Å². The predicted octanol–water partition coefficient (Wildman–Crippen LogP) is 2.69. The summed E-state index contributed by atoms with van der Waals surface area (Å²) in [6.45, 7) is 6.74. The van der Waals surface area contributed by atoms with Gasteiger partial charge in [0.25, 0.3) is 0 Å². The van der Waals surface area contributed by atoms with E-state index in [0.717, 1.165) is 71.1 Å². The number of nitrogens with one attached hydrogen (secondary N) is 2. The van der Waals surface area contributed by atoms with E-state index in [4.69, 9.17) is 0 Å². The molecular weight excluding hydrogens is 300 g/mol. The first-order valence-electron chi connectivity index (χ1n) is 10.5. The molecule has 0 aromatic heterocycles. The molecule has 2 saturated heterocycles. The van der Waals surface area contributed by atoms with Gasteiger partial charge in [0.1, 0.15) is 0 Å². The van der Waals surface area contributed by atoms with E-state index in [2.05, 4.69) is 17.6 Å². The second kappa shape index (κ2) is 10.7. The molecule has 142 valence electrons. The Morgan fingerprint density at radius 1 is 1.04 bits per heavy atom. The van der Waals surface area contributed by atoms with Crippen LogP contribution in [0.3, 0.4) is 0 Å². The van der Waals surface area contributed by atoms with Crippen LogP contribution in [0.25, 0.3) is 0 Å². The second-order valence-electron chi connectivity index (χ2n) is 8.07. The molecule has 4 unspecified atom stereocenters. The van der Waals surface area contributed by atoms with E-state index >= 15 is 0 Å². The summed E-state index contributed by atoms with van der Waals surface area (Å²) in [5.41, 5.74) is -0.539. The van der Waals surface area contributed by atoms with Crippen molar-refractivity contribution in [2.75, 3.05) is 32.8 Å². The summed E-state index contributed by atoms with van der Waals surface area (Å²) in [6, 6.07) is 0. The Bertz CT molecular complexity index is 328. The maximum Gasteiger partial charge on any atom is 0.0719 e. The minimum atomic E-state index is -0.539. The molecular formula is C20H40N2O2. The molecule has 4 nitrogen and oxygen atoms in total. The maximum absolute atomic E-state index is 11.9. The minimum Gasteiger partial charge on any atom is -0.396 e. The van der Waals surface area contributed by atoms with E-state index in [1.165, 1.54) is 19.3 Å². The van der Waals surface area contributed by atoms with Crippen LogP contribution in [0, 0.1) is 17.8 Å². The van der Waals surface area contributed by atoms with Crippen molar-refractivity contribution in [3.63, 3.8) is 0 Å². The molecule has 0 bridgehead atoms. The molecule has 0 radical (unpaired) electrons. The number of piperidine rings is 2. The number of hydrogen-bond donors (Lipinski definition) is 4. The van der Waals surface area contributed by atoms with Crippen molar-refractivity contribution in [3.05, 3.63) is 0 Å². The molecule has 0 spiro atoms. The molecule has 0 saturated carbocycles. The van der Waals surface area contributed by atoms with Gasteiger partial charge in [0, 0.05) is 19.1 Å². The molecule has 4 heteroatoms. The molecule has 2 fully saturated rings. The van der Waals surface area contributed by atoms with E-state index in [0.29, 0.717) is 17.8 Å². The maximum atomic E-state index is 11.9. The van der Waals surface area contributed by atoms with Crippen LogP contribution in [0.15, 0.2) is 0 Å². The zero-order valence-corrected chi connectivity index (χ0v) is 15.7. The average molecular weight is 341 g/mol. The van der Waals surface area contributed by atoms with Crippen LogP contribution in [0.2, 0.25) is 0 Å². The Balaban J connectivity index is 2.16. The molecule has 2 aliphatic rings. The summed E-state index contributed by atoms with van der Waals surface area (Å²) >= 11 is 0. The minimum absolute atomic E-state index is 0.272. The van der Waals surface area contributed by atoms with Gasteiger partial charge >= 0.3 is 0 Å². The molecule has 4 N–H and O–H groups in total. The molecule has 0 amide bonds. The van der Waals surface area contributed by atoms with Gasteiger partial charge in [-0.25, -0.2) is 0 Å². The zero-order valence-electron chi connectivity index (χ0n) is 15.7. The Hall–Kier alpha value is -0.160. The van der Waals surface area contributed by atoms with Gasteiger partial charge in [-0.1, -0.05) is 26.2 Å². The molecule has 0 aromatic rings. The topological polar surface area (TPSA) is 64.5 Å². The quantitative estimate of drug-likeness (QED) is 0.462. The summed E-state index contributed by atoms with van der Waals surface area (Å²) in [4.78, 5) is 0. The Morgan fingerprint density at radius 2 is 1.79 bits per heavy atom. The van der Waals surface area contributed by atoms with Crippen molar-refractivity contribution >= 4 is 0 Å². The first kappa shape index (κ1) is 20.2. The Kier molecular flexibility index (Phi) is 9.02. The fourth-order valence-corrected chi connectivity index (χ4v) is 5.02. The highest BCUT2D eigenvalue weighted by Crippen LogP contribution is 2.43. The lowest BCUT2D eigenvalue weighted by atomic mass is 9.64. The van der Waals surface area contributed by atoms with Crippen LogP contribution in [0.4, 0.5) is 0 Å². The summed E-state index contributed by atoms with van der Waals surface area (Å²) in [5.74, 6) is 1.34. The molecule has 2 heterocycles. The number of aliphatic hydroxyl groups is 2. The van der Waals surface area contributed by atoms with Gasteiger partial charge in [0.05, 0.1) is 5.60 Å². The summed E-state index contributed by atoms with van der Waals surface area (Å²) in [5, 5.41) is 28.2. The average Bonchev–Trinajstić information content (AvgIpc) is 2.65. The summed E-state index contributed by atoms with van der Waals surface area (Å²) in [6.07, 6.45) is 11.0. The lowest BCUT2D eigenvalue weighted by molar-refractivity contribution is -0.108. The molecule has 0 aromatic carbocycles. The number of hydrogen-bond acceptors (Lipinski definition) is 4. The molecule has 0 aliphatic carbocycles. The SMILES string of the molecule is CCCCC(O)(C1CCCNC1)C(CCCCO)C1CCCNC1. The summed E-state index contributed by atoms with van der Waals surface area (Å²) < 4.78 is 0. The van der Waals surface area contributed by atoms with E-state index in [9.17, 15) is 10.2 Å². The third kappa shape index (κ3) is 5.42. The van der Waals surface area contributed by atoms with E-state index in [1.54, 1.807) is 0 Å². The van der Waals surface area contributed by atoms with Crippen LogP contribution in [0.5, 0.6) is 0 Å². The molecule has 24 heavy (non-hydrogen) atoms. The van der Waals surface area contributed by atoms with Crippen LogP contribution in [0.1, 0.15) is 71.1 Å². The van der Waals surface area contributed by atoms with E-state index in [-0.39, 0.29) is 6.61 Å². The fourth-order valence-electron chi connectivity index (χ4n) is 5.02. The number of aliphatic hydroxyl groups excluding tert-OH is 1. The van der Waals surface area contributed by atoms with Crippen molar-refractivity contribution in [2.24, 2.45) is 17.8 Å². The highest BCUT2D eigenvalue weighted by Gasteiger charge is 2.46. The molecule has 2 aliphatic heterocycles. The van der Waals surface area contributed by atoms with E-state index < -0.39 is 5.60 Å². The van der Waals surface area contributed by atoms with Crippen LogP contribution in [-0.4, -0.2) is 48.6 Å². The monoisotopic (exact) mass is 340 g/mol. The van der Waals surface area contributed by atoms with Gasteiger partial charge in [-0.15, -0.1) is 0 Å². The van der Waals surface area contributed by atoms with Crippen LogP contribution < -0.4 is 10.6 Å². The Morgan fingerprint density at radius 3 is 2.38 bits per heavy atom. The van der Waals surface area contributed by atoms with Crippen LogP contribution in [-0.2, 0) is 0 Å². The normalized spacial score (nSPS) is 29.1. The van der Waals surface area contributed by atoms with Gasteiger partial charge in [0.15, 0.2) is 0 Å². The molecule has 2 rings (SSSR count). The van der Waals surface area contributed by atoms with Gasteiger partial charge in [0.2, 0.25) is 0 Å². The third-order valence-corrected chi connectivity index (χ3v) is 6.40. The summed E-state index contributed by atoms with van der Waals surface area (Å²) in [7, 11) is 0. The van der Waals surface area contributed by atoms with Gasteiger partial charge in [-0.3, -0.25) is 0 Å². The van der Waals surface area contributed by atoms with Crippen molar-refractivity contribution in [1.29, 1.82) is 0 Å². The highest BCUT2D eigenvalue weighted by molar-refractivity contribution is 4.98. The largest absolute Gasteiger partial charge is 0.396 e. The lowest BCUT2D eigenvalue weighted by Gasteiger charge is -2.48. The predicted molar refractivity (Wildman–Crippen MR) is 100 cm³/mol. The van der Waals surface area contributed by atoms with Gasteiger partial charge in [-0.05, 0) is 76.4 Å². The van der Waals surface area contributed by atoms with Crippen molar-refractivity contribution < 1.29 is 10.2 Å². The van der Waals surface area contributed by atoms with Gasteiger partial charge < -0.3 is 20.8 Å². The number of unbranched alkanes of at least 4 members (excludes halogenated alkanes) is 2. The standard InChI is InChI=1S/C20H40N2O2/c1-2-3-11-20(24,18-9-7-13-22-16-18)19(10-4-5-14-23)17-8-6-12-21-15-17/h17-19,21-24H,2-16H2,1H3. The number of rotatable bonds is 10. The first-order valence-corrected chi connectivity index (χ1v) is 10.5. The third-order valence-electron chi connectivity index (χ3n) is 6.40. The second-order valence-corrected chi connectivity index (χ2v) is 8.07. The van der Waals surface area contributed by atoms with Crippen molar-refractivity contribution in [2.45, 2.75) is 76.7 Å². The molecule has 4 atom stereocenters. The highest BCUT2D eigenvalue weighted by atomic mass is 16.3. The first-order chi connectivity index (χ1) is 11.7. The smallest absolute Gasteiger partial charge is 0.0719 e. The van der Waals surface area contributed by atoms with E-state index in [1.807, 2.05) is 0 Å². The zero-order chi connectivity index (χ0) is 17.3. The van der Waals surface area contributed by atoms with Crippen molar-refractivity contribution in [3.8, 4) is 0 Å². The fraction of sp³-hybridized carbons (Fsp3) is 1.00. The Labute approximate surface area is 148 Å².